The van der Waals surface area contributed by atoms with Crippen LogP contribution in [0.2, 0.25) is 0 Å². The quantitative estimate of drug-likeness (QED) is 0.133. The molecule has 1 aromatic heterocycles. The summed E-state index contributed by atoms with van der Waals surface area (Å²) in [6, 6.07) is 47.1. The molecule has 0 amide bonds. The lowest BCUT2D eigenvalue weighted by Crippen LogP contribution is -2.22. The normalized spacial score (nSPS) is 19.4. The largest absolute Gasteiger partial charge is 0.248 e. The Morgan fingerprint density at radius 3 is 2.06 bits per heavy atom. The van der Waals surface area contributed by atoms with Crippen molar-refractivity contribution in [3.8, 4) is 33.5 Å². The van der Waals surface area contributed by atoms with Crippen molar-refractivity contribution in [2.24, 2.45) is 11.8 Å². The molecule has 2 heteroatoms. The molecule has 47 heavy (non-hydrogen) atoms. The molecule has 2 aliphatic rings. The summed E-state index contributed by atoms with van der Waals surface area (Å²) in [7, 11) is -0.466. The second-order valence-corrected chi connectivity index (χ2v) is 15.8. The van der Waals surface area contributed by atoms with Gasteiger partial charge in [-0.05, 0) is 101 Å². The van der Waals surface area contributed by atoms with Crippen molar-refractivity contribution in [1.82, 2.24) is 4.98 Å². The van der Waals surface area contributed by atoms with Gasteiger partial charge in [0.05, 0.1) is 11.2 Å². The topological polar surface area (TPSA) is 12.9 Å². The van der Waals surface area contributed by atoms with Crippen LogP contribution >= 0.6 is 7.92 Å². The summed E-state index contributed by atoms with van der Waals surface area (Å²) in [5.74, 6) is 1.19. The molecular formula is C45H40NP. The maximum absolute atomic E-state index is 5.21. The van der Waals surface area contributed by atoms with E-state index < -0.39 is 7.92 Å². The van der Waals surface area contributed by atoms with E-state index in [9.17, 15) is 0 Å². The Morgan fingerprint density at radius 2 is 1.30 bits per heavy atom. The smallest absolute Gasteiger partial charge is 0.0718 e. The van der Waals surface area contributed by atoms with Crippen LogP contribution in [0, 0.1) is 11.8 Å². The van der Waals surface area contributed by atoms with Gasteiger partial charge in [0.15, 0.2) is 0 Å². The second-order valence-electron chi connectivity index (χ2n) is 13.3. The van der Waals surface area contributed by atoms with E-state index in [4.69, 9.17) is 4.98 Å². The van der Waals surface area contributed by atoms with Crippen LogP contribution in [0.4, 0.5) is 0 Å². The highest BCUT2D eigenvalue weighted by Crippen LogP contribution is 2.45. The molecule has 3 unspecified atom stereocenters. The molecule has 0 fully saturated rings. The predicted molar refractivity (Wildman–Crippen MR) is 204 cm³/mol. The Bertz CT molecular complexity index is 2090. The number of rotatable bonds is 6. The van der Waals surface area contributed by atoms with E-state index >= 15 is 0 Å². The van der Waals surface area contributed by atoms with Gasteiger partial charge >= 0.3 is 0 Å². The van der Waals surface area contributed by atoms with Crippen molar-refractivity contribution >= 4 is 35.5 Å². The predicted octanol–water partition coefficient (Wildman–Crippen LogP) is 11.2. The average Bonchev–Trinajstić information content (AvgIpc) is 3.13. The minimum Gasteiger partial charge on any atom is -0.248 e. The molecule has 6 aromatic rings. The molecule has 5 aromatic carbocycles. The summed E-state index contributed by atoms with van der Waals surface area (Å²) in [5.41, 5.74) is 11.5. The number of pyridine rings is 1. The first kappa shape index (κ1) is 29.8. The molecule has 0 bridgehead atoms. The summed E-state index contributed by atoms with van der Waals surface area (Å²) in [5, 5.41) is 4.21. The summed E-state index contributed by atoms with van der Waals surface area (Å²) in [6.07, 6.45) is 13.1. The van der Waals surface area contributed by atoms with Crippen LogP contribution in [0.1, 0.15) is 37.8 Å². The highest BCUT2D eigenvalue weighted by atomic mass is 31.1. The van der Waals surface area contributed by atoms with Gasteiger partial charge in [-0.15, -0.1) is 0 Å². The Morgan fingerprint density at radius 1 is 0.574 bits per heavy atom. The zero-order valence-electron chi connectivity index (χ0n) is 27.2. The minimum atomic E-state index is -0.466. The Labute approximate surface area is 280 Å². The molecule has 1 nitrogen and oxygen atoms in total. The third kappa shape index (κ3) is 6.02. The lowest BCUT2D eigenvalue weighted by atomic mass is 9.85. The third-order valence-electron chi connectivity index (χ3n) is 9.92. The van der Waals surface area contributed by atoms with Crippen LogP contribution in [0.3, 0.4) is 0 Å². The summed E-state index contributed by atoms with van der Waals surface area (Å²) in [4.78, 5) is 5.21. The van der Waals surface area contributed by atoms with Gasteiger partial charge in [0, 0.05) is 16.6 Å². The lowest BCUT2D eigenvalue weighted by Gasteiger charge is -2.30. The van der Waals surface area contributed by atoms with Crippen LogP contribution in [0.25, 0.3) is 50.5 Å². The fourth-order valence-electron chi connectivity index (χ4n) is 7.40. The van der Waals surface area contributed by atoms with Crippen molar-refractivity contribution in [3.63, 3.8) is 0 Å². The maximum Gasteiger partial charge on any atom is 0.0718 e. The van der Waals surface area contributed by atoms with E-state index in [-0.39, 0.29) is 0 Å². The number of allylic oxidation sites excluding steroid dienone is 3. The van der Waals surface area contributed by atoms with Gasteiger partial charge in [0.2, 0.25) is 0 Å². The molecule has 0 radical (unpaired) electrons. The molecule has 0 saturated heterocycles. The minimum absolute atomic E-state index is 0.466. The van der Waals surface area contributed by atoms with Crippen molar-refractivity contribution in [1.29, 1.82) is 0 Å². The summed E-state index contributed by atoms with van der Waals surface area (Å²) < 4.78 is 0. The van der Waals surface area contributed by atoms with Gasteiger partial charge in [-0.1, -0.05) is 147 Å². The van der Waals surface area contributed by atoms with Crippen molar-refractivity contribution in [2.75, 3.05) is 0 Å². The van der Waals surface area contributed by atoms with E-state index in [1.807, 2.05) is 0 Å². The monoisotopic (exact) mass is 625 g/mol. The number of hydrogen-bond donors (Lipinski definition) is 0. The lowest BCUT2D eigenvalue weighted by molar-refractivity contribution is 0.589. The number of aromatic nitrogens is 1. The summed E-state index contributed by atoms with van der Waals surface area (Å²) in [6.45, 7) is 4.65. The van der Waals surface area contributed by atoms with Gasteiger partial charge in [0.25, 0.3) is 0 Å². The zero-order chi connectivity index (χ0) is 31.7. The zero-order valence-corrected chi connectivity index (χ0v) is 28.1. The molecule has 0 spiro atoms. The van der Waals surface area contributed by atoms with Gasteiger partial charge in [0.1, 0.15) is 0 Å². The molecule has 2 aliphatic carbocycles. The van der Waals surface area contributed by atoms with E-state index in [0.29, 0.717) is 17.5 Å². The third-order valence-corrected chi connectivity index (χ3v) is 12.7. The number of fused-ring (bicyclic) bond motifs is 3. The van der Waals surface area contributed by atoms with E-state index in [2.05, 4.69) is 166 Å². The molecular weight excluding hydrogens is 585 g/mol. The number of nitrogens with zero attached hydrogens (tertiary/aromatic N) is 1. The molecule has 1 heterocycles. The van der Waals surface area contributed by atoms with Gasteiger partial charge < -0.3 is 0 Å². The van der Waals surface area contributed by atoms with Gasteiger partial charge in [-0.3, -0.25) is 0 Å². The first-order valence-electron chi connectivity index (χ1n) is 17.0. The van der Waals surface area contributed by atoms with Crippen molar-refractivity contribution < 1.29 is 0 Å². The van der Waals surface area contributed by atoms with E-state index in [0.717, 1.165) is 23.2 Å². The van der Waals surface area contributed by atoms with Crippen LogP contribution in [0.15, 0.2) is 146 Å². The SMILES string of the molecule is CC1C=Cc2ccc3nc(-c4ccccc4)cc(-c4cccc(-c5ccc(P(c6ccccc6)C6C=C[C@H](C)CC6)cc5)c4)c3c2C1. The first-order valence-corrected chi connectivity index (χ1v) is 18.5. The van der Waals surface area contributed by atoms with Crippen molar-refractivity contribution in [3.05, 3.63) is 157 Å². The molecule has 0 saturated carbocycles. The van der Waals surface area contributed by atoms with Crippen molar-refractivity contribution in [2.45, 2.75) is 38.8 Å². The number of benzene rings is 5. The molecule has 0 aliphatic heterocycles. The van der Waals surface area contributed by atoms with Gasteiger partial charge in [-0.2, -0.15) is 0 Å². The Kier molecular flexibility index (Phi) is 8.18. The highest BCUT2D eigenvalue weighted by molar-refractivity contribution is 7.73. The Balaban J connectivity index is 1.21. The molecule has 8 rings (SSSR count). The molecule has 230 valence electrons. The van der Waals surface area contributed by atoms with Crippen LogP contribution in [-0.2, 0) is 6.42 Å². The molecule has 0 N–H and O–H groups in total. The van der Waals surface area contributed by atoms with Gasteiger partial charge in [-0.25, -0.2) is 4.98 Å². The Hall–Kier alpha value is -4.58. The maximum atomic E-state index is 5.21. The average molecular weight is 626 g/mol. The van der Waals surface area contributed by atoms with Crippen LogP contribution < -0.4 is 10.6 Å². The van der Waals surface area contributed by atoms with Crippen LogP contribution in [0.5, 0.6) is 0 Å². The fourth-order valence-corrected chi connectivity index (χ4v) is 10.1. The van der Waals surface area contributed by atoms with E-state index in [1.165, 1.54) is 62.2 Å². The first-order chi connectivity index (χ1) is 23.1. The fraction of sp³-hybridized carbons (Fsp3) is 0.178. The standard InChI is InChI=1S/C45H40NP/c1-31-17-23-39(24-18-31)47(38-14-7-4-8-15-38)40-25-20-33(21-26-40)36-12-9-13-37(29-36)42-30-44(35-10-5-3-6-11-35)46-43-27-22-34-19-16-32(2)28-41(34)45(42)43/h3-17,19-23,25-27,29-32,39H,18,24,28H2,1-2H3/t31-,32?,39?,47?/m0/s1. The second kappa shape index (κ2) is 12.9. The van der Waals surface area contributed by atoms with Crippen LogP contribution in [-0.4, -0.2) is 10.6 Å². The van der Waals surface area contributed by atoms with E-state index in [1.54, 1.807) is 0 Å². The highest BCUT2D eigenvalue weighted by Gasteiger charge is 2.25. The summed E-state index contributed by atoms with van der Waals surface area (Å²) >= 11 is 0. The molecule has 4 atom stereocenters. The number of hydrogen-bond acceptors (Lipinski definition) is 1.